The van der Waals surface area contributed by atoms with Crippen molar-refractivity contribution < 1.29 is 9.47 Å². The lowest BCUT2D eigenvalue weighted by Crippen LogP contribution is -2.48. The second-order valence-corrected chi connectivity index (χ2v) is 6.91. The molecule has 0 atom stereocenters. The minimum atomic E-state index is 0.0755. The van der Waals surface area contributed by atoms with Gasteiger partial charge in [0, 0.05) is 31.0 Å². The van der Waals surface area contributed by atoms with Crippen LogP contribution in [0.3, 0.4) is 0 Å². The molecule has 1 aliphatic rings. The Morgan fingerprint density at radius 2 is 2.04 bits per heavy atom. The molecule has 2 N–H and O–H groups in total. The fourth-order valence-electron chi connectivity index (χ4n) is 3.11. The van der Waals surface area contributed by atoms with E-state index in [2.05, 4.69) is 10.6 Å². The molecule has 5 heteroatoms. The van der Waals surface area contributed by atoms with E-state index in [9.17, 15) is 0 Å². The second-order valence-electron chi connectivity index (χ2n) is 6.50. The van der Waals surface area contributed by atoms with Gasteiger partial charge in [-0.15, -0.1) is 0 Å². The number of methoxy groups -OCH3 is 1. The number of hydrogen-bond acceptors (Lipinski definition) is 3. The second kappa shape index (κ2) is 8.50. The van der Waals surface area contributed by atoms with Gasteiger partial charge in [0.15, 0.2) is 5.11 Å². The molecular weight excluding hydrogens is 308 g/mol. The lowest BCUT2D eigenvalue weighted by molar-refractivity contribution is 0.163. The van der Waals surface area contributed by atoms with Gasteiger partial charge in [-0.25, -0.2) is 0 Å². The van der Waals surface area contributed by atoms with Gasteiger partial charge < -0.3 is 20.1 Å². The van der Waals surface area contributed by atoms with E-state index in [0.29, 0.717) is 5.11 Å². The van der Waals surface area contributed by atoms with Crippen LogP contribution in [-0.2, 0) is 4.74 Å². The summed E-state index contributed by atoms with van der Waals surface area (Å²) in [5.74, 6) is 0.850. The SMILES string of the molecule is COCCC1(NC(=S)Nc2cccc(OC(C)C)c2)CCCC1. The summed E-state index contributed by atoms with van der Waals surface area (Å²) in [6.45, 7) is 4.80. The average molecular weight is 337 g/mol. The van der Waals surface area contributed by atoms with E-state index in [1.165, 1.54) is 12.8 Å². The zero-order valence-corrected chi connectivity index (χ0v) is 15.2. The summed E-state index contributed by atoms with van der Waals surface area (Å²) in [4.78, 5) is 0. The zero-order valence-electron chi connectivity index (χ0n) is 14.4. The molecule has 0 saturated heterocycles. The molecule has 2 rings (SSSR count). The van der Waals surface area contributed by atoms with Crippen molar-refractivity contribution in [2.75, 3.05) is 19.0 Å². The summed E-state index contributed by atoms with van der Waals surface area (Å²) in [5, 5.41) is 7.49. The van der Waals surface area contributed by atoms with Crippen molar-refractivity contribution in [1.29, 1.82) is 0 Å². The number of rotatable bonds is 7. The number of anilines is 1. The molecule has 1 saturated carbocycles. The standard InChI is InChI=1S/C18H28N2O2S/c1-14(2)22-16-8-6-7-15(13-16)19-17(23)20-18(11-12-21-3)9-4-5-10-18/h6-8,13-14H,4-5,9-12H2,1-3H3,(H2,19,20,23). The maximum Gasteiger partial charge on any atom is 0.171 e. The molecule has 1 aliphatic carbocycles. The minimum absolute atomic E-state index is 0.0755. The van der Waals surface area contributed by atoms with Crippen molar-refractivity contribution in [2.45, 2.75) is 57.6 Å². The Morgan fingerprint density at radius 3 is 2.70 bits per heavy atom. The number of ether oxygens (including phenoxy) is 2. The number of thiocarbonyl (C=S) groups is 1. The van der Waals surface area contributed by atoms with Crippen LogP contribution in [-0.4, -0.2) is 30.5 Å². The molecule has 0 aromatic heterocycles. The number of hydrogen-bond donors (Lipinski definition) is 2. The lowest BCUT2D eigenvalue weighted by atomic mass is 9.94. The van der Waals surface area contributed by atoms with E-state index in [1.54, 1.807) is 7.11 Å². The van der Waals surface area contributed by atoms with E-state index >= 15 is 0 Å². The molecule has 0 unspecified atom stereocenters. The van der Waals surface area contributed by atoms with Crippen LogP contribution in [0.5, 0.6) is 5.75 Å². The minimum Gasteiger partial charge on any atom is -0.491 e. The Hall–Kier alpha value is -1.33. The third kappa shape index (κ3) is 5.66. The maximum absolute atomic E-state index is 5.72. The van der Waals surface area contributed by atoms with Gasteiger partial charge in [-0.05, 0) is 57.5 Å². The smallest absolute Gasteiger partial charge is 0.171 e. The normalized spacial score (nSPS) is 16.3. The Bertz CT molecular complexity index is 513. The van der Waals surface area contributed by atoms with Crippen molar-refractivity contribution >= 4 is 23.0 Å². The Balaban J connectivity index is 1.95. The first-order valence-corrected chi connectivity index (χ1v) is 8.79. The predicted molar refractivity (Wildman–Crippen MR) is 99.3 cm³/mol. The van der Waals surface area contributed by atoms with Crippen LogP contribution in [0.25, 0.3) is 0 Å². The monoisotopic (exact) mass is 336 g/mol. The van der Waals surface area contributed by atoms with Crippen LogP contribution in [0.1, 0.15) is 46.0 Å². The van der Waals surface area contributed by atoms with E-state index in [1.807, 2.05) is 38.1 Å². The molecule has 1 fully saturated rings. The maximum atomic E-state index is 5.72. The highest BCUT2D eigenvalue weighted by Gasteiger charge is 2.33. The Labute approximate surface area is 144 Å². The summed E-state index contributed by atoms with van der Waals surface area (Å²) < 4.78 is 11.0. The van der Waals surface area contributed by atoms with Crippen LogP contribution < -0.4 is 15.4 Å². The fraction of sp³-hybridized carbons (Fsp3) is 0.611. The molecule has 0 spiro atoms. The van der Waals surface area contributed by atoms with Gasteiger partial charge in [0.2, 0.25) is 0 Å². The third-order valence-corrected chi connectivity index (χ3v) is 4.39. The number of benzene rings is 1. The van der Waals surface area contributed by atoms with Gasteiger partial charge >= 0.3 is 0 Å². The summed E-state index contributed by atoms with van der Waals surface area (Å²) in [5.41, 5.74) is 1.02. The average Bonchev–Trinajstić information content (AvgIpc) is 2.93. The molecule has 0 amide bonds. The summed E-state index contributed by atoms with van der Waals surface area (Å²) in [7, 11) is 1.75. The van der Waals surface area contributed by atoms with Gasteiger partial charge in [-0.3, -0.25) is 0 Å². The predicted octanol–water partition coefficient (Wildman–Crippen LogP) is 4.11. The first-order valence-electron chi connectivity index (χ1n) is 8.38. The zero-order chi connectivity index (χ0) is 16.7. The van der Waals surface area contributed by atoms with Crippen LogP contribution in [0, 0.1) is 0 Å². The molecule has 0 radical (unpaired) electrons. The van der Waals surface area contributed by atoms with Crippen LogP contribution >= 0.6 is 12.2 Å². The van der Waals surface area contributed by atoms with Gasteiger partial charge in [0.1, 0.15) is 5.75 Å². The summed E-state index contributed by atoms with van der Waals surface area (Å²) >= 11 is 5.52. The highest BCUT2D eigenvalue weighted by molar-refractivity contribution is 7.80. The van der Waals surface area contributed by atoms with Crippen molar-refractivity contribution in [2.24, 2.45) is 0 Å². The largest absolute Gasteiger partial charge is 0.491 e. The topological polar surface area (TPSA) is 42.5 Å². The lowest BCUT2D eigenvalue weighted by Gasteiger charge is -2.31. The Morgan fingerprint density at radius 1 is 1.30 bits per heavy atom. The molecule has 1 aromatic carbocycles. The molecule has 0 heterocycles. The van der Waals surface area contributed by atoms with Crippen molar-refractivity contribution in [3.8, 4) is 5.75 Å². The van der Waals surface area contributed by atoms with E-state index in [4.69, 9.17) is 21.7 Å². The Kier molecular flexibility index (Phi) is 6.66. The first kappa shape index (κ1) is 18.0. The summed E-state index contributed by atoms with van der Waals surface area (Å²) in [6.07, 6.45) is 5.94. The quantitative estimate of drug-likeness (QED) is 0.734. The molecule has 0 aliphatic heterocycles. The fourth-order valence-corrected chi connectivity index (χ4v) is 3.44. The van der Waals surface area contributed by atoms with Gasteiger partial charge in [-0.1, -0.05) is 18.9 Å². The van der Waals surface area contributed by atoms with Gasteiger partial charge in [-0.2, -0.15) is 0 Å². The number of nitrogens with one attached hydrogen (secondary N) is 2. The molecule has 23 heavy (non-hydrogen) atoms. The first-order chi connectivity index (χ1) is 11.0. The van der Waals surface area contributed by atoms with E-state index in [0.717, 1.165) is 37.3 Å². The van der Waals surface area contributed by atoms with Crippen molar-refractivity contribution in [3.63, 3.8) is 0 Å². The van der Waals surface area contributed by atoms with Gasteiger partial charge in [0.05, 0.1) is 6.10 Å². The van der Waals surface area contributed by atoms with Crippen LogP contribution in [0.15, 0.2) is 24.3 Å². The molecular formula is C18H28N2O2S. The highest BCUT2D eigenvalue weighted by atomic mass is 32.1. The summed E-state index contributed by atoms with van der Waals surface area (Å²) in [6, 6.07) is 7.90. The van der Waals surface area contributed by atoms with Gasteiger partial charge in [0.25, 0.3) is 0 Å². The van der Waals surface area contributed by atoms with E-state index in [-0.39, 0.29) is 11.6 Å². The third-order valence-electron chi connectivity index (χ3n) is 4.19. The molecule has 128 valence electrons. The molecule has 4 nitrogen and oxygen atoms in total. The van der Waals surface area contributed by atoms with Crippen LogP contribution in [0.2, 0.25) is 0 Å². The van der Waals surface area contributed by atoms with Crippen molar-refractivity contribution in [3.05, 3.63) is 24.3 Å². The molecule has 0 bridgehead atoms. The van der Waals surface area contributed by atoms with Crippen molar-refractivity contribution in [1.82, 2.24) is 5.32 Å². The van der Waals surface area contributed by atoms with E-state index < -0.39 is 0 Å². The van der Waals surface area contributed by atoms with Crippen LogP contribution in [0.4, 0.5) is 5.69 Å². The highest BCUT2D eigenvalue weighted by Crippen LogP contribution is 2.32. The molecule has 1 aromatic rings.